The van der Waals surface area contributed by atoms with Crippen molar-refractivity contribution in [1.29, 1.82) is 0 Å². The molecule has 0 unspecified atom stereocenters. The molecule has 2 N–H and O–H groups in total. The number of rotatable bonds is 10. The molecule has 5 nitrogen and oxygen atoms in total. The Morgan fingerprint density at radius 3 is 2.26 bits per heavy atom. The van der Waals surface area contributed by atoms with Crippen LogP contribution in [0.15, 0.2) is 48.5 Å². The summed E-state index contributed by atoms with van der Waals surface area (Å²) < 4.78 is 5.66. The molecule has 0 saturated carbocycles. The van der Waals surface area contributed by atoms with Crippen molar-refractivity contribution < 1.29 is 14.3 Å². The van der Waals surface area contributed by atoms with Gasteiger partial charge in [0.05, 0.1) is 6.61 Å². The van der Waals surface area contributed by atoms with E-state index in [1.54, 1.807) is 36.4 Å². The Bertz CT molecular complexity index is 741. The maximum absolute atomic E-state index is 12.4. The molecule has 0 saturated heterocycles. The standard InChI is InChI=1S/C22H28N2O3/c1-3-5-6-15-27-20-13-11-17(12-14-20)22(26)24-19-10-7-9-18(16-19)23-21(25)8-4-2/h7,9-14,16H,3-6,8,15H2,1-2H3,(H,23,25)(H,24,26). The molecule has 0 spiro atoms. The van der Waals surface area contributed by atoms with Crippen LogP contribution in [-0.4, -0.2) is 18.4 Å². The summed E-state index contributed by atoms with van der Waals surface area (Å²) in [4.78, 5) is 24.1. The zero-order valence-electron chi connectivity index (χ0n) is 16.1. The molecule has 2 aromatic rings. The lowest BCUT2D eigenvalue weighted by molar-refractivity contribution is -0.116. The Balaban J connectivity index is 1.91. The second-order valence-electron chi connectivity index (χ2n) is 6.41. The molecule has 0 radical (unpaired) electrons. The highest BCUT2D eigenvalue weighted by Gasteiger charge is 2.08. The van der Waals surface area contributed by atoms with Gasteiger partial charge in [-0.15, -0.1) is 0 Å². The van der Waals surface area contributed by atoms with E-state index in [-0.39, 0.29) is 11.8 Å². The third-order valence-electron chi connectivity index (χ3n) is 4.01. The first-order valence-corrected chi connectivity index (χ1v) is 9.56. The molecule has 144 valence electrons. The van der Waals surface area contributed by atoms with E-state index in [0.717, 1.165) is 31.4 Å². The molecule has 0 atom stereocenters. The van der Waals surface area contributed by atoms with Crippen molar-refractivity contribution >= 4 is 23.2 Å². The van der Waals surface area contributed by atoms with Crippen LogP contribution in [0.2, 0.25) is 0 Å². The molecule has 2 aromatic carbocycles. The van der Waals surface area contributed by atoms with Crippen LogP contribution in [0.25, 0.3) is 0 Å². The summed E-state index contributed by atoms with van der Waals surface area (Å²) >= 11 is 0. The predicted octanol–water partition coefficient (Wildman–Crippen LogP) is 5.25. The van der Waals surface area contributed by atoms with Crippen molar-refractivity contribution in [3.05, 3.63) is 54.1 Å². The van der Waals surface area contributed by atoms with Crippen molar-refractivity contribution in [2.24, 2.45) is 0 Å². The lowest BCUT2D eigenvalue weighted by Crippen LogP contribution is -2.13. The maximum Gasteiger partial charge on any atom is 0.255 e. The molecule has 2 amide bonds. The van der Waals surface area contributed by atoms with Crippen molar-refractivity contribution in [3.63, 3.8) is 0 Å². The number of unbranched alkanes of at least 4 members (excludes halogenated alkanes) is 2. The minimum absolute atomic E-state index is 0.0319. The molecule has 0 fully saturated rings. The van der Waals surface area contributed by atoms with Crippen molar-refractivity contribution in [3.8, 4) is 5.75 Å². The Hall–Kier alpha value is -2.82. The Labute approximate surface area is 161 Å². The summed E-state index contributed by atoms with van der Waals surface area (Å²) in [6, 6.07) is 14.2. The first-order chi connectivity index (χ1) is 13.1. The maximum atomic E-state index is 12.4. The average Bonchev–Trinajstić information content (AvgIpc) is 2.66. The summed E-state index contributed by atoms with van der Waals surface area (Å²) in [5, 5.41) is 5.68. The summed E-state index contributed by atoms with van der Waals surface area (Å²) in [7, 11) is 0. The Kier molecular flexibility index (Phi) is 8.36. The smallest absolute Gasteiger partial charge is 0.255 e. The third-order valence-corrected chi connectivity index (χ3v) is 4.01. The number of nitrogens with one attached hydrogen (secondary N) is 2. The summed E-state index contributed by atoms with van der Waals surface area (Å²) in [6.07, 6.45) is 4.61. The number of hydrogen-bond acceptors (Lipinski definition) is 3. The van der Waals surface area contributed by atoms with E-state index in [1.807, 2.05) is 19.1 Å². The van der Waals surface area contributed by atoms with Gasteiger partial charge in [0.2, 0.25) is 5.91 Å². The molecule has 0 aliphatic rings. The van der Waals surface area contributed by atoms with Crippen LogP contribution >= 0.6 is 0 Å². The minimum atomic E-state index is -0.204. The second-order valence-corrected chi connectivity index (χ2v) is 6.41. The number of carbonyl (C=O) groups is 2. The van der Waals surface area contributed by atoms with Crippen molar-refractivity contribution in [2.75, 3.05) is 17.2 Å². The van der Waals surface area contributed by atoms with E-state index in [2.05, 4.69) is 17.6 Å². The topological polar surface area (TPSA) is 67.4 Å². The Morgan fingerprint density at radius 1 is 0.889 bits per heavy atom. The fourth-order valence-electron chi connectivity index (χ4n) is 2.57. The lowest BCUT2D eigenvalue weighted by atomic mass is 10.2. The zero-order chi connectivity index (χ0) is 19.5. The van der Waals surface area contributed by atoms with E-state index in [1.165, 1.54) is 0 Å². The number of carbonyl (C=O) groups excluding carboxylic acids is 2. The van der Waals surface area contributed by atoms with Crippen molar-refractivity contribution in [1.82, 2.24) is 0 Å². The molecule has 2 rings (SSSR count). The van der Waals surface area contributed by atoms with Gasteiger partial charge in [0.15, 0.2) is 0 Å². The van der Waals surface area contributed by atoms with Gasteiger partial charge >= 0.3 is 0 Å². The van der Waals surface area contributed by atoms with E-state index < -0.39 is 0 Å². The SMILES string of the molecule is CCCCCOc1ccc(C(=O)Nc2cccc(NC(=O)CCC)c2)cc1. The largest absolute Gasteiger partial charge is 0.494 e. The Morgan fingerprint density at radius 2 is 1.59 bits per heavy atom. The lowest BCUT2D eigenvalue weighted by Gasteiger charge is -2.10. The van der Waals surface area contributed by atoms with Crippen LogP contribution < -0.4 is 15.4 Å². The molecular formula is C22H28N2O3. The molecular weight excluding hydrogens is 340 g/mol. The van der Waals surface area contributed by atoms with Gasteiger partial charge in [0.25, 0.3) is 5.91 Å². The van der Waals surface area contributed by atoms with Crippen LogP contribution in [0.3, 0.4) is 0 Å². The van der Waals surface area contributed by atoms with Gasteiger partial charge in [-0.25, -0.2) is 0 Å². The fraction of sp³-hybridized carbons (Fsp3) is 0.364. The highest BCUT2D eigenvalue weighted by Crippen LogP contribution is 2.18. The van der Waals surface area contributed by atoms with Gasteiger partial charge in [0, 0.05) is 23.4 Å². The monoisotopic (exact) mass is 368 g/mol. The predicted molar refractivity (Wildman–Crippen MR) is 109 cm³/mol. The summed E-state index contributed by atoms with van der Waals surface area (Å²) in [5.41, 5.74) is 1.85. The minimum Gasteiger partial charge on any atom is -0.494 e. The highest BCUT2D eigenvalue weighted by atomic mass is 16.5. The molecule has 0 aromatic heterocycles. The van der Waals surface area contributed by atoms with Gasteiger partial charge in [-0.3, -0.25) is 9.59 Å². The number of ether oxygens (including phenoxy) is 1. The highest BCUT2D eigenvalue weighted by molar-refractivity contribution is 6.04. The van der Waals surface area contributed by atoms with Crippen LogP contribution in [0.1, 0.15) is 56.3 Å². The number of hydrogen-bond donors (Lipinski definition) is 2. The van der Waals surface area contributed by atoms with Crippen molar-refractivity contribution in [2.45, 2.75) is 46.0 Å². The quantitative estimate of drug-likeness (QED) is 0.563. The molecule has 0 aliphatic heterocycles. The van der Waals surface area contributed by atoms with Gasteiger partial charge in [0.1, 0.15) is 5.75 Å². The van der Waals surface area contributed by atoms with Gasteiger partial charge in [-0.2, -0.15) is 0 Å². The molecule has 0 heterocycles. The third kappa shape index (κ3) is 7.13. The van der Waals surface area contributed by atoms with Crippen LogP contribution in [0.4, 0.5) is 11.4 Å². The zero-order valence-corrected chi connectivity index (χ0v) is 16.1. The van der Waals surface area contributed by atoms with E-state index in [0.29, 0.717) is 30.0 Å². The number of amides is 2. The van der Waals surface area contributed by atoms with Crippen LogP contribution in [0.5, 0.6) is 5.75 Å². The first kappa shape index (κ1) is 20.5. The van der Waals surface area contributed by atoms with E-state index in [9.17, 15) is 9.59 Å². The second kappa shape index (κ2) is 11.0. The van der Waals surface area contributed by atoms with Gasteiger partial charge in [-0.05, 0) is 55.3 Å². The first-order valence-electron chi connectivity index (χ1n) is 9.56. The van der Waals surface area contributed by atoms with Crippen LogP contribution in [0, 0.1) is 0 Å². The number of benzene rings is 2. The average molecular weight is 368 g/mol. The van der Waals surface area contributed by atoms with Gasteiger partial charge < -0.3 is 15.4 Å². The molecule has 0 aliphatic carbocycles. The normalized spacial score (nSPS) is 10.3. The van der Waals surface area contributed by atoms with Gasteiger partial charge in [-0.1, -0.05) is 32.8 Å². The fourth-order valence-corrected chi connectivity index (χ4v) is 2.57. The van der Waals surface area contributed by atoms with E-state index in [4.69, 9.17) is 4.74 Å². The molecule has 27 heavy (non-hydrogen) atoms. The van der Waals surface area contributed by atoms with E-state index >= 15 is 0 Å². The van der Waals surface area contributed by atoms with Crippen LogP contribution in [-0.2, 0) is 4.79 Å². The molecule has 5 heteroatoms. The summed E-state index contributed by atoms with van der Waals surface area (Å²) in [5.74, 6) is 0.531. The number of anilines is 2. The molecule has 0 bridgehead atoms. The summed E-state index contributed by atoms with van der Waals surface area (Å²) in [6.45, 7) is 4.80.